The Morgan fingerprint density at radius 1 is 1.38 bits per heavy atom. The van der Waals surface area contributed by atoms with Gasteiger partial charge in [-0.3, -0.25) is 4.79 Å². The minimum Gasteiger partial charge on any atom is -0.497 e. The monoisotopic (exact) mass is 242 g/mol. The van der Waals surface area contributed by atoms with Crippen molar-refractivity contribution in [3.05, 3.63) is 23.8 Å². The highest BCUT2D eigenvalue weighted by Gasteiger charge is 2.19. The predicted molar refractivity (Wildman–Crippen MR) is 60.5 cm³/mol. The van der Waals surface area contributed by atoms with Gasteiger partial charge in [0.1, 0.15) is 17.3 Å². The number of sulfone groups is 1. The maximum absolute atomic E-state index is 11.8. The van der Waals surface area contributed by atoms with Gasteiger partial charge in [0, 0.05) is 0 Å². The van der Waals surface area contributed by atoms with E-state index in [1.54, 1.807) is 19.1 Å². The third-order valence-electron chi connectivity index (χ3n) is 2.11. The predicted octanol–water partition coefficient (Wildman–Crippen LogP) is 1.37. The molecule has 0 bridgehead atoms. The number of aryl methyl sites for hydroxylation is 1. The van der Waals surface area contributed by atoms with E-state index in [9.17, 15) is 13.2 Å². The molecule has 0 heterocycles. The minimum absolute atomic E-state index is 0.184. The maximum atomic E-state index is 11.8. The summed E-state index contributed by atoms with van der Waals surface area (Å²) in [6, 6.07) is 4.67. The molecule has 88 valence electrons. The summed E-state index contributed by atoms with van der Waals surface area (Å²) >= 11 is 0. The maximum Gasteiger partial charge on any atom is 0.185 e. The van der Waals surface area contributed by atoms with Crippen LogP contribution in [0.25, 0.3) is 0 Å². The van der Waals surface area contributed by atoms with Crippen molar-refractivity contribution >= 4 is 15.6 Å². The van der Waals surface area contributed by atoms with Crippen molar-refractivity contribution in [3.63, 3.8) is 0 Å². The molecule has 0 atom stereocenters. The van der Waals surface area contributed by atoms with Gasteiger partial charge in [-0.25, -0.2) is 8.42 Å². The molecule has 16 heavy (non-hydrogen) atoms. The van der Waals surface area contributed by atoms with E-state index in [4.69, 9.17) is 4.74 Å². The summed E-state index contributed by atoms with van der Waals surface area (Å²) in [6.07, 6.45) is 0. The Labute approximate surface area is 95.2 Å². The Hall–Kier alpha value is -1.36. The fourth-order valence-electron chi connectivity index (χ4n) is 1.44. The molecule has 0 saturated heterocycles. The molecule has 0 amide bonds. The molecule has 5 heteroatoms. The molecule has 1 aromatic rings. The fourth-order valence-corrected chi connectivity index (χ4v) is 2.96. The highest BCUT2D eigenvalue weighted by atomic mass is 32.2. The molecular weight excluding hydrogens is 228 g/mol. The topological polar surface area (TPSA) is 60.4 Å². The van der Waals surface area contributed by atoms with E-state index >= 15 is 0 Å². The van der Waals surface area contributed by atoms with Crippen molar-refractivity contribution in [1.29, 1.82) is 0 Å². The van der Waals surface area contributed by atoms with Crippen LogP contribution >= 0.6 is 0 Å². The average Bonchev–Trinajstić information content (AvgIpc) is 2.14. The van der Waals surface area contributed by atoms with E-state index in [0.29, 0.717) is 11.3 Å². The number of ether oxygens (including phenoxy) is 1. The quantitative estimate of drug-likeness (QED) is 0.800. The van der Waals surface area contributed by atoms with Crippen molar-refractivity contribution in [2.24, 2.45) is 0 Å². The van der Waals surface area contributed by atoms with Crippen LogP contribution in [0.3, 0.4) is 0 Å². The van der Waals surface area contributed by atoms with Gasteiger partial charge in [0.15, 0.2) is 9.84 Å². The molecule has 0 fully saturated rings. The van der Waals surface area contributed by atoms with Crippen molar-refractivity contribution in [2.45, 2.75) is 18.7 Å². The van der Waals surface area contributed by atoms with Crippen LogP contribution in [0.2, 0.25) is 0 Å². The fraction of sp³-hybridized carbons (Fsp3) is 0.364. The lowest BCUT2D eigenvalue weighted by Crippen LogP contribution is -2.14. The summed E-state index contributed by atoms with van der Waals surface area (Å²) in [5.74, 6) is -0.227. The number of rotatable bonds is 4. The van der Waals surface area contributed by atoms with Crippen LogP contribution in [-0.4, -0.2) is 27.1 Å². The zero-order valence-corrected chi connectivity index (χ0v) is 10.3. The summed E-state index contributed by atoms with van der Waals surface area (Å²) in [5.41, 5.74) is 0.584. The van der Waals surface area contributed by atoms with E-state index in [1.165, 1.54) is 20.1 Å². The molecule has 0 radical (unpaired) electrons. The molecule has 0 aliphatic heterocycles. The lowest BCUT2D eigenvalue weighted by molar-refractivity contribution is -0.114. The second-order valence-electron chi connectivity index (χ2n) is 3.59. The molecular formula is C11H14O4S. The van der Waals surface area contributed by atoms with E-state index in [1.807, 2.05) is 0 Å². The first-order valence-electron chi connectivity index (χ1n) is 4.73. The minimum atomic E-state index is -3.52. The summed E-state index contributed by atoms with van der Waals surface area (Å²) in [6.45, 7) is 2.94. The zero-order valence-electron chi connectivity index (χ0n) is 9.48. The number of Topliss-reactive ketones (excluding diaryl/α,β-unsaturated/α-hetero) is 1. The first-order valence-corrected chi connectivity index (χ1v) is 6.39. The molecule has 0 spiro atoms. The normalized spacial score (nSPS) is 11.2. The third kappa shape index (κ3) is 2.82. The molecule has 1 rings (SSSR count). The van der Waals surface area contributed by atoms with Gasteiger partial charge in [0.2, 0.25) is 0 Å². The second kappa shape index (κ2) is 4.65. The molecule has 0 aliphatic rings. The zero-order chi connectivity index (χ0) is 12.3. The lowest BCUT2D eigenvalue weighted by atomic mass is 10.2. The third-order valence-corrected chi connectivity index (χ3v) is 4.03. The summed E-state index contributed by atoms with van der Waals surface area (Å²) in [5, 5.41) is 0. The Morgan fingerprint density at radius 2 is 2.00 bits per heavy atom. The number of hydrogen-bond donors (Lipinski definition) is 0. The molecule has 4 nitrogen and oxygen atoms in total. The number of hydrogen-bond acceptors (Lipinski definition) is 4. The van der Waals surface area contributed by atoms with Gasteiger partial charge in [-0.05, 0) is 37.6 Å². The van der Waals surface area contributed by atoms with E-state index in [-0.39, 0.29) is 10.7 Å². The van der Waals surface area contributed by atoms with Gasteiger partial charge in [0.25, 0.3) is 0 Å². The summed E-state index contributed by atoms with van der Waals surface area (Å²) in [4.78, 5) is 11.0. The van der Waals surface area contributed by atoms with Crippen LogP contribution in [0.5, 0.6) is 5.75 Å². The van der Waals surface area contributed by atoms with Gasteiger partial charge in [0.05, 0.1) is 12.0 Å². The number of carbonyl (C=O) groups is 1. The van der Waals surface area contributed by atoms with E-state index in [2.05, 4.69) is 0 Å². The van der Waals surface area contributed by atoms with Gasteiger partial charge in [-0.15, -0.1) is 0 Å². The van der Waals surface area contributed by atoms with Crippen LogP contribution < -0.4 is 4.74 Å². The second-order valence-corrected chi connectivity index (χ2v) is 5.55. The largest absolute Gasteiger partial charge is 0.497 e. The molecule has 0 aliphatic carbocycles. The SMILES string of the molecule is COc1ccc(S(=O)(=O)CC(C)=O)c(C)c1. The Bertz CT molecular complexity index is 503. The van der Waals surface area contributed by atoms with Gasteiger partial charge < -0.3 is 4.74 Å². The van der Waals surface area contributed by atoms with Gasteiger partial charge in [-0.1, -0.05) is 0 Å². The summed E-state index contributed by atoms with van der Waals surface area (Å²) in [7, 11) is -2.01. The summed E-state index contributed by atoms with van der Waals surface area (Å²) < 4.78 is 28.6. The number of benzene rings is 1. The Kier molecular flexibility index (Phi) is 3.70. The van der Waals surface area contributed by atoms with Crippen LogP contribution in [0, 0.1) is 6.92 Å². The highest BCUT2D eigenvalue weighted by molar-refractivity contribution is 7.92. The smallest absolute Gasteiger partial charge is 0.185 e. The van der Waals surface area contributed by atoms with Crippen LogP contribution in [0.15, 0.2) is 23.1 Å². The van der Waals surface area contributed by atoms with Crippen LogP contribution in [0.1, 0.15) is 12.5 Å². The molecule has 0 aromatic heterocycles. The van der Waals surface area contributed by atoms with Crippen molar-refractivity contribution < 1.29 is 17.9 Å². The van der Waals surface area contributed by atoms with E-state index < -0.39 is 15.6 Å². The molecule has 0 N–H and O–H groups in total. The Balaban J connectivity index is 3.19. The number of carbonyl (C=O) groups excluding carboxylic acids is 1. The van der Waals surface area contributed by atoms with Crippen molar-refractivity contribution in [2.75, 3.05) is 12.9 Å². The van der Waals surface area contributed by atoms with Crippen molar-refractivity contribution in [3.8, 4) is 5.75 Å². The lowest BCUT2D eigenvalue weighted by Gasteiger charge is -2.07. The first kappa shape index (κ1) is 12.7. The number of ketones is 1. The van der Waals surface area contributed by atoms with Gasteiger partial charge in [-0.2, -0.15) is 0 Å². The first-order chi connectivity index (χ1) is 7.36. The molecule has 1 aromatic carbocycles. The van der Waals surface area contributed by atoms with Crippen LogP contribution in [-0.2, 0) is 14.6 Å². The van der Waals surface area contributed by atoms with Crippen LogP contribution in [0.4, 0.5) is 0 Å². The Morgan fingerprint density at radius 3 is 2.44 bits per heavy atom. The van der Waals surface area contributed by atoms with E-state index in [0.717, 1.165) is 0 Å². The number of methoxy groups -OCH3 is 1. The standard InChI is InChI=1S/C11H14O4S/c1-8-6-10(15-3)4-5-11(8)16(13,14)7-9(2)12/h4-6H,7H2,1-3H3. The highest BCUT2D eigenvalue weighted by Crippen LogP contribution is 2.21. The van der Waals surface area contributed by atoms with Gasteiger partial charge >= 0.3 is 0 Å². The molecule has 0 saturated carbocycles. The van der Waals surface area contributed by atoms with Crippen molar-refractivity contribution in [1.82, 2.24) is 0 Å². The molecule has 0 unspecified atom stereocenters. The average molecular weight is 242 g/mol.